The van der Waals surface area contributed by atoms with Crippen molar-refractivity contribution in [3.05, 3.63) is 36.7 Å². The molecular weight excluding hydrogens is 516 g/mol. The number of hydrogen-bond acceptors (Lipinski definition) is 11. The number of nitrogen functional groups attached to an aromatic ring is 1. The summed E-state index contributed by atoms with van der Waals surface area (Å²) in [5, 5.41) is 0. The Morgan fingerprint density at radius 3 is 1.62 bits per heavy atom. The van der Waals surface area contributed by atoms with Crippen LogP contribution in [0, 0.1) is 0 Å². The molecule has 4 heterocycles. The monoisotopic (exact) mass is 558 g/mol. The lowest BCUT2D eigenvalue weighted by molar-refractivity contribution is 0.0429. The summed E-state index contributed by atoms with van der Waals surface area (Å²) in [6.45, 7) is 16.5. The molecule has 0 aromatic carbocycles. The fourth-order valence-corrected chi connectivity index (χ4v) is 3.88. The Morgan fingerprint density at radius 1 is 0.775 bits per heavy atom. The van der Waals surface area contributed by atoms with Crippen LogP contribution in [0.4, 0.5) is 32.6 Å². The molecule has 2 aliphatic heterocycles. The van der Waals surface area contributed by atoms with Gasteiger partial charge in [0.05, 0.1) is 26.4 Å². The molecule has 2 N–H and O–H groups in total. The highest BCUT2D eigenvalue weighted by atomic mass is 16.6. The number of imide groups is 1. The van der Waals surface area contributed by atoms with Crippen LogP contribution in [-0.2, 0) is 18.9 Å². The molecule has 220 valence electrons. The molecule has 2 fully saturated rings. The van der Waals surface area contributed by atoms with Crippen LogP contribution in [0.1, 0.15) is 41.5 Å². The lowest BCUT2D eigenvalue weighted by Crippen LogP contribution is -2.44. The van der Waals surface area contributed by atoms with Gasteiger partial charge in [0.2, 0.25) is 0 Å². The van der Waals surface area contributed by atoms with Crippen molar-refractivity contribution in [3.8, 4) is 0 Å². The summed E-state index contributed by atoms with van der Waals surface area (Å²) in [7, 11) is 0. The molecule has 4 rings (SSSR count). The maximum absolute atomic E-state index is 12.7. The van der Waals surface area contributed by atoms with E-state index in [-0.39, 0.29) is 5.82 Å². The molecule has 0 unspecified atom stereocenters. The van der Waals surface area contributed by atoms with Crippen molar-refractivity contribution in [2.75, 3.05) is 73.0 Å². The number of ether oxygens (including phenoxy) is 4. The summed E-state index contributed by atoms with van der Waals surface area (Å²) in [5.74, 6) is 0.728. The Bertz CT molecular complexity index is 1090. The Balaban J connectivity index is 0.000000281. The Morgan fingerprint density at radius 2 is 1.20 bits per heavy atom. The molecule has 12 nitrogen and oxygen atoms in total. The van der Waals surface area contributed by atoms with E-state index in [9.17, 15) is 9.59 Å². The first-order valence-electron chi connectivity index (χ1n) is 13.4. The van der Waals surface area contributed by atoms with Crippen molar-refractivity contribution in [1.82, 2.24) is 9.97 Å². The molecule has 2 aromatic rings. The zero-order chi connectivity index (χ0) is 29.3. The minimum atomic E-state index is -0.830. The van der Waals surface area contributed by atoms with Gasteiger partial charge in [-0.25, -0.2) is 19.6 Å². The van der Waals surface area contributed by atoms with Gasteiger partial charge in [-0.05, 0) is 53.7 Å². The van der Waals surface area contributed by atoms with Crippen molar-refractivity contribution in [3.63, 3.8) is 0 Å². The zero-order valence-corrected chi connectivity index (χ0v) is 24.4. The highest BCUT2D eigenvalue weighted by Crippen LogP contribution is 2.25. The summed E-state index contributed by atoms with van der Waals surface area (Å²) in [4.78, 5) is 38.8. The van der Waals surface area contributed by atoms with Gasteiger partial charge in [-0.15, -0.1) is 0 Å². The van der Waals surface area contributed by atoms with Crippen LogP contribution in [0.15, 0.2) is 36.7 Å². The molecule has 0 radical (unpaired) electrons. The third-order valence-corrected chi connectivity index (χ3v) is 5.63. The normalized spacial score (nSPS) is 15.9. The molecule has 0 spiro atoms. The number of pyridine rings is 2. The SMILES string of the molecule is CC(C)(C)OC(=O)N(C(=O)OC(C)(C)C)c1cc(N2CCOCC2)ccn1.Nc1cc(N2CCOCC2)ccn1. The van der Waals surface area contributed by atoms with E-state index in [0.717, 1.165) is 55.7 Å². The molecule has 2 aliphatic rings. The van der Waals surface area contributed by atoms with Crippen LogP contribution >= 0.6 is 0 Å². The highest BCUT2D eigenvalue weighted by Gasteiger charge is 2.34. The van der Waals surface area contributed by atoms with E-state index in [1.165, 1.54) is 0 Å². The summed E-state index contributed by atoms with van der Waals surface area (Å²) in [6.07, 6.45) is 1.63. The molecule has 40 heavy (non-hydrogen) atoms. The Labute approximate surface area is 236 Å². The predicted molar refractivity (Wildman–Crippen MR) is 154 cm³/mol. The fraction of sp³-hybridized carbons (Fsp3) is 0.571. The Hall–Kier alpha value is -3.64. The number of anilines is 4. The molecule has 2 amide bonds. The molecule has 12 heteroatoms. The van der Waals surface area contributed by atoms with E-state index in [0.29, 0.717) is 19.0 Å². The molecular formula is C28H42N6O6. The third kappa shape index (κ3) is 9.83. The van der Waals surface area contributed by atoms with Crippen LogP contribution in [0.3, 0.4) is 0 Å². The largest absolute Gasteiger partial charge is 0.443 e. The van der Waals surface area contributed by atoms with E-state index in [1.54, 1.807) is 60.0 Å². The van der Waals surface area contributed by atoms with Gasteiger partial charge in [-0.1, -0.05) is 0 Å². The van der Waals surface area contributed by atoms with Gasteiger partial charge < -0.3 is 34.5 Å². The first kappa shape index (κ1) is 30.9. The van der Waals surface area contributed by atoms with Crippen molar-refractivity contribution < 1.29 is 28.5 Å². The third-order valence-electron chi connectivity index (χ3n) is 5.63. The molecule has 0 atom stereocenters. The van der Waals surface area contributed by atoms with Crippen molar-refractivity contribution in [1.29, 1.82) is 0 Å². The smallest absolute Gasteiger partial charge is 0.425 e. The van der Waals surface area contributed by atoms with Crippen LogP contribution in [-0.4, -0.2) is 86.0 Å². The number of carbonyl (C=O) groups excluding carboxylic acids is 2. The molecule has 0 aliphatic carbocycles. The van der Waals surface area contributed by atoms with E-state index in [1.807, 2.05) is 18.2 Å². The van der Waals surface area contributed by atoms with E-state index < -0.39 is 23.4 Å². The quantitative estimate of drug-likeness (QED) is 0.584. The predicted octanol–water partition coefficient (Wildman–Crippen LogP) is 4.10. The number of nitrogens with zero attached hydrogens (tertiary/aromatic N) is 5. The van der Waals surface area contributed by atoms with Crippen LogP contribution < -0.4 is 20.4 Å². The van der Waals surface area contributed by atoms with Gasteiger partial charge >= 0.3 is 12.2 Å². The second-order valence-corrected chi connectivity index (χ2v) is 11.3. The number of rotatable bonds is 3. The minimum absolute atomic E-state index is 0.155. The van der Waals surface area contributed by atoms with Gasteiger partial charge in [-0.3, -0.25) is 0 Å². The van der Waals surface area contributed by atoms with E-state index in [4.69, 9.17) is 24.7 Å². The number of carbonyl (C=O) groups is 2. The summed E-state index contributed by atoms with van der Waals surface area (Å²) >= 11 is 0. The number of amides is 2. The number of aromatic nitrogens is 2. The second kappa shape index (κ2) is 13.6. The number of hydrogen-bond donors (Lipinski definition) is 1. The van der Waals surface area contributed by atoms with Crippen molar-refractivity contribution in [2.45, 2.75) is 52.7 Å². The zero-order valence-electron chi connectivity index (χ0n) is 24.4. The lowest BCUT2D eigenvalue weighted by atomic mass is 10.2. The molecule has 2 saturated heterocycles. The maximum atomic E-state index is 12.7. The maximum Gasteiger partial charge on any atom is 0.425 e. The van der Waals surface area contributed by atoms with Gasteiger partial charge in [0, 0.05) is 62.1 Å². The molecule has 2 aromatic heterocycles. The topological polar surface area (TPSA) is 133 Å². The summed E-state index contributed by atoms with van der Waals surface area (Å²) < 4.78 is 21.4. The van der Waals surface area contributed by atoms with Crippen LogP contribution in [0.5, 0.6) is 0 Å². The van der Waals surface area contributed by atoms with Crippen molar-refractivity contribution >= 4 is 35.2 Å². The first-order valence-corrected chi connectivity index (χ1v) is 13.4. The lowest BCUT2D eigenvalue weighted by Gasteiger charge is -2.30. The highest BCUT2D eigenvalue weighted by molar-refractivity contribution is 6.09. The van der Waals surface area contributed by atoms with Gasteiger partial charge in [0.25, 0.3) is 0 Å². The van der Waals surface area contributed by atoms with E-state index in [2.05, 4.69) is 19.8 Å². The average molecular weight is 559 g/mol. The molecule has 0 bridgehead atoms. The van der Waals surface area contributed by atoms with E-state index >= 15 is 0 Å². The van der Waals surface area contributed by atoms with Gasteiger partial charge in [0.15, 0.2) is 5.82 Å². The first-order chi connectivity index (χ1) is 18.8. The van der Waals surface area contributed by atoms with Crippen LogP contribution in [0.25, 0.3) is 0 Å². The van der Waals surface area contributed by atoms with Crippen molar-refractivity contribution in [2.24, 2.45) is 0 Å². The molecule has 0 saturated carbocycles. The number of nitrogens with two attached hydrogens (primary N) is 1. The average Bonchev–Trinajstić information content (AvgIpc) is 2.88. The minimum Gasteiger partial charge on any atom is -0.443 e. The van der Waals surface area contributed by atoms with Gasteiger partial charge in [-0.2, -0.15) is 4.90 Å². The summed E-state index contributed by atoms with van der Waals surface area (Å²) in [6, 6.07) is 7.38. The fourth-order valence-electron chi connectivity index (χ4n) is 3.88. The standard InChI is InChI=1S/C19H29N3O5.C9H13N3O/c1-18(2,3)26-16(23)22(17(24)27-19(4,5)6)15-13-14(7-8-20-15)21-9-11-25-12-10-21;10-9-7-8(1-2-11-9)12-3-5-13-6-4-12/h7-8,13H,9-12H2,1-6H3;1-2,7H,3-6H2,(H2,10,11). The summed E-state index contributed by atoms with van der Waals surface area (Å²) in [5.41, 5.74) is 6.05. The van der Waals surface area contributed by atoms with Crippen LogP contribution in [0.2, 0.25) is 0 Å². The van der Waals surface area contributed by atoms with Gasteiger partial charge in [0.1, 0.15) is 17.0 Å². The number of morpholine rings is 2. The Kier molecular flexibility index (Phi) is 10.5. The second-order valence-electron chi connectivity index (χ2n) is 11.3.